The number of amides is 2. The van der Waals surface area contributed by atoms with Crippen LogP contribution in [0.2, 0.25) is 0 Å². The van der Waals surface area contributed by atoms with Crippen molar-refractivity contribution in [3.63, 3.8) is 0 Å². The van der Waals surface area contributed by atoms with E-state index in [0.29, 0.717) is 18.7 Å². The summed E-state index contributed by atoms with van der Waals surface area (Å²) in [7, 11) is 0. The van der Waals surface area contributed by atoms with E-state index in [0.717, 1.165) is 31.4 Å². The zero-order valence-electron chi connectivity index (χ0n) is 14.3. The van der Waals surface area contributed by atoms with Crippen LogP contribution in [-0.2, 0) is 9.59 Å². The molecule has 0 aliphatic carbocycles. The smallest absolute Gasteiger partial charge is 0.243 e. The molecule has 1 aromatic heterocycles. The van der Waals surface area contributed by atoms with Gasteiger partial charge in [0.05, 0.1) is 12.2 Å². The molecule has 0 saturated heterocycles. The Morgan fingerprint density at radius 2 is 1.80 bits per heavy atom. The number of nitrogens with one attached hydrogen (secondary N) is 2. The third-order valence-electron chi connectivity index (χ3n) is 3.72. The molecule has 1 aromatic carbocycles. The predicted molar refractivity (Wildman–Crippen MR) is 97.3 cm³/mol. The van der Waals surface area contributed by atoms with Crippen LogP contribution in [0, 0.1) is 0 Å². The van der Waals surface area contributed by atoms with E-state index in [1.54, 1.807) is 23.0 Å². The third kappa shape index (κ3) is 6.76. The lowest BCUT2D eigenvalue weighted by molar-refractivity contribution is -0.124. The number of carbonyl (C=O) groups excluding carboxylic acids is 2. The van der Waals surface area contributed by atoms with Crippen LogP contribution >= 0.6 is 0 Å². The van der Waals surface area contributed by atoms with Gasteiger partial charge >= 0.3 is 0 Å². The fourth-order valence-corrected chi connectivity index (χ4v) is 2.37. The van der Waals surface area contributed by atoms with Gasteiger partial charge in [-0.2, -0.15) is 5.10 Å². The van der Waals surface area contributed by atoms with Gasteiger partial charge in [-0.05, 0) is 49.7 Å². The van der Waals surface area contributed by atoms with Crippen LogP contribution < -0.4 is 16.4 Å². The largest absolute Gasteiger partial charge is 0.347 e. The summed E-state index contributed by atoms with van der Waals surface area (Å²) in [4.78, 5) is 23.6. The van der Waals surface area contributed by atoms with Crippen molar-refractivity contribution in [3.8, 4) is 5.69 Å². The molecular formula is C18H25N5O2. The average molecular weight is 343 g/mol. The van der Waals surface area contributed by atoms with Gasteiger partial charge in [0.2, 0.25) is 11.8 Å². The molecule has 0 atom stereocenters. The molecule has 2 aromatic rings. The average Bonchev–Trinajstić information content (AvgIpc) is 3.15. The quantitative estimate of drug-likeness (QED) is 0.573. The highest BCUT2D eigenvalue weighted by molar-refractivity contribution is 5.94. The molecule has 0 aliphatic rings. The molecule has 2 rings (SSSR count). The Balaban J connectivity index is 1.67. The molecule has 0 radical (unpaired) electrons. The summed E-state index contributed by atoms with van der Waals surface area (Å²) in [6.07, 6.45) is 7.83. The van der Waals surface area contributed by atoms with E-state index in [-0.39, 0.29) is 18.4 Å². The second kappa shape index (κ2) is 10.2. The lowest BCUT2D eigenvalue weighted by Gasteiger charge is -2.08. The maximum atomic E-state index is 11.9. The number of benzene rings is 1. The number of nitrogens with two attached hydrogens (primary N) is 1. The minimum absolute atomic E-state index is 0.0253. The van der Waals surface area contributed by atoms with E-state index in [1.807, 2.05) is 24.4 Å². The summed E-state index contributed by atoms with van der Waals surface area (Å²) in [5, 5.41) is 9.54. The van der Waals surface area contributed by atoms with E-state index in [4.69, 9.17) is 5.73 Å². The van der Waals surface area contributed by atoms with Crippen molar-refractivity contribution in [1.29, 1.82) is 0 Å². The SMILES string of the molecule is NCCCCCCC(=O)NCC(=O)Nc1ccc(-n2cccn2)cc1. The number of carbonyl (C=O) groups is 2. The molecule has 0 spiro atoms. The summed E-state index contributed by atoms with van der Waals surface area (Å²) in [5.74, 6) is -0.347. The molecule has 2 amide bonds. The van der Waals surface area contributed by atoms with Gasteiger partial charge in [0.25, 0.3) is 0 Å². The van der Waals surface area contributed by atoms with Crippen molar-refractivity contribution in [2.45, 2.75) is 32.1 Å². The highest BCUT2D eigenvalue weighted by Gasteiger charge is 2.06. The van der Waals surface area contributed by atoms with Crippen LogP contribution in [-0.4, -0.2) is 34.7 Å². The minimum Gasteiger partial charge on any atom is -0.347 e. The number of anilines is 1. The summed E-state index contributed by atoms with van der Waals surface area (Å²) >= 11 is 0. The van der Waals surface area contributed by atoms with Crippen molar-refractivity contribution < 1.29 is 9.59 Å². The maximum Gasteiger partial charge on any atom is 0.243 e. The molecule has 0 saturated carbocycles. The van der Waals surface area contributed by atoms with Gasteiger partial charge in [-0.3, -0.25) is 9.59 Å². The van der Waals surface area contributed by atoms with Gasteiger partial charge in [0, 0.05) is 24.5 Å². The third-order valence-corrected chi connectivity index (χ3v) is 3.72. The second-order valence-corrected chi connectivity index (χ2v) is 5.78. The van der Waals surface area contributed by atoms with Gasteiger partial charge in [-0.1, -0.05) is 12.8 Å². The van der Waals surface area contributed by atoms with Gasteiger partial charge in [0.1, 0.15) is 0 Å². The van der Waals surface area contributed by atoms with E-state index < -0.39 is 0 Å². The van der Waals surface area contributed by atoms with E-state index >= 15 is 0 Å². The first-order valence-electron chi connectivity index (χ1n) is 8.56. The Labute approximate surface area is 147 Å². The molecule has 25 heavy (non-hydrogen) atoms. The number of rotatable bonds is 10. The van der Waals surface area contributed by atoms with Gasteiger partial charge in [-0.15, -0.1) is 0 Å². The van der Waals surface area contributed by atoms with E-state index in [1.165, 1.54) is 0 Å². The fourth-order valence-electron chi connectivity index (χ4n) is 2.37. The van der Waals surface area contributed by atoms with Crippen molar-refractivity contribution in [1.82, 2.24) is 15.1 Å². The van der Waals surface area contributed by atoms with Crippen molar-refractivity contribution >= 4 is 17.5 Å². The summed E-state index contributed by atoms with van der Waals surface area (Å²) in [6.45, 7) is 0.665. The van der Waals surface area contributed by atoms with Crippen LogP contribution in [0.15, 0.2) is 42.7 Å². The second-order valence-electron chi connectivity index (χ2n) is 5.78. The number of nitrogens with zero attached hydrogens (tertiary/aromatic N) is 2. The first kappa shape index (κ1) is 18.7. The molecule has 4 N–H and O–H groups in total. The number of hydrogen-bond acceptors (Lipinski definition) is 4. The van der Waals surface area contributed by atoms with Crippen molar-refractivity contribution in [2.75, 3.05) is 18.4 Å². The Bertz CT molecular complexity index is 653. The first-order valence-corrected chi connectivity index (χ1v) is 8.56. The molecule has 7 nitrogen and oxygen atoms in total. The van der Waals surface area contributed by atoms with Crippen LogP contribution in [0.3, 0.4) is 0 Å². The molecule has 134 valence electrons. The predicted octanol–water partition coefficient (Wildman–Crippen LogP) is 1.84. The van der Waals surface area contributed by atoms with Crippen LogP contribution in [0.4, 0.5) is 5.69 Å². The molecule has 0 fully saturated rings. The number of hydrogen-bond donors (Lipinski definition) is 3. The molecular weight excluding hydrogens is 318 g/mol. The topological polar surface area (TPSA) is 102 Å². The lowest BCUT2D eigenvalue weighted by atomic mass is 10.1. The molecule has 0 bridgehead atoms. The molecule has 1 heterocycles. The van der Waals surface area contributed by atoms with Gasteiger partial charge in [-0.25, -0.2) is 4.68 Å². The Kier molecular flexibility index (Phi) is 7.65. The summed E-state index contributed by atoms with van der Waals surface area (Å²) < 4.78 is 1.74. The lowest BCUT2D eigenvalue weighted by Crippen LogP contribution is -2.32. The molecule has 0 unspecified atom stereocenters. The Hall–Kier alpha value is -2.67. The normalized spacial score (nSPS) is 10.4. The number of aromatic nitrogens is 2. The fraction of sp³-hybridized carbons (Fsp3) is 0.389. The van der Waals surface area contributed by atoms with Crippen LogP contribution in [0.5, 0.6) is 0 Å². The summed E-state index contributed by atoms with van der Waals surface area (Å²) in [5.41, 5.74) is 7.01. The summed E-state index contributed by atoms with van der Waals surface area (Å²) in [6, 6.07) is 9.17. The van der Waals surface area contributed by atoms with Crippen LogP contribution in [0.25, 0.3) is 5.69 Å². The van der Waals surface area contributed by atoms with Gasteiger partial charge in [0.15, 0.2) is 0 Å². The first-order chi connectivity index (χ1) is 12.2. The standard InChI is InChI=1S/C18H25N5O2/c19-11-4-2-1-3-6-17(24)20-14-18(25)22-15-7-9-16(10-8-15)23-13-5-12-21-23/h5,7-10,12-13H,1-4,6,11,14,19H2,(H,20,24)(H,22,25). The molecule has 7 heteroatoms. The maximum absolute atomic E-state index is 11.9. The monoisotopic (exact) mass is 343 g/mol. The zero-order chi connectivity index (χ0) is 17.9. The number of unbranched alkanes of at least 4 members (excludes halogenated alkanes) is 3. The van der Waals surface area contributed by atoms with Crippen LogP contribution in [0.1, 0.15) is 32.1 Å². The Morgan fingerprint density at radius 3 is 2.48 bits per heavy atom. The van der Waals surface area contributed by atoms with Crippen molar-refractivity contribution in [3.05, 3.63) is 42.7 Å². The van der Waals surface area contributed by atoms with Crippen molar-refractivity contribution in [2.24, 2.45) is 5.73 Å². The van der Waals surface area contributed by atoms with Gasteiger partial charge < -0.3 is 16.4 Å². The minimum atomic E-state index is -0.247. The zero-order valence-corrected chi connectivity index (χ0v) is 14.3. The highest BCUT2D eigenvalue weighted by atomic mass is 16.2. The Morgan fingerprint density at radius 1 is 1.04 bits per heavy atom. The van der Waals surface area contributed by atoms with E-state index in [2.05, 4.69) is 15.7 Å². The highest BCUT2D eigenvalue weighted by Crippen LogP contribution is 2.12. The molecule has 0 aliphatic heterocycles. The van der Waals surface area contributed by atoms with E-state index in [9.17, 15) is 9.59 Å².